The Hall–Kier alpha value is 0.0300. The van der Waals surface area contributed by atoms with Crippen LogP contribution in [0.3, 0.4) is 0 Å². The molecule has 0 aromatic heterocycles. The van der Waals surface area contributed by atoms with Crippen molar-refractivity contribution in [2.24, 2.45) is 11.8 Å². The Morgan fingerprint density at radius 2 is 2.09 bits per heavy atom. The normalized spacial score (nSPS) is 32.9. The molecule has 0 aromatic carbocycles. The van der Waals surface area contributed by atoms with Crippen LogP contribution >= 0.6 is 11.6 Å². The molecule has 0 aromatic rings. The molecule has 2 atom stereocenters. The van der Waals surface area contributed by atoms with Crippen LogP contribution in [-0.4, -0.2) is 5.38 Å². The lowest BCUT2D eigenvalue weighted by Gasteiger charge is -2.31. The molecule has 0 aliphatic heterocycles. The summed E-state index contributed by atoms with van der Waals surface area (Å²) in [7, 11) is 0. The number of hydrogen-bond acceptors (Lipinski definition) is 0. The first-order valence-corrected chi connectivity index (χ1v) is 4.89. The highest BCUT2D eigenvalue weighted by Gasteiger charge is 2.26. The van der Waals surface area contributed by atoms with E-state index in [1.54, 1.807) is 0 Å². The van der Waals surface area contributed by atoms with E-state index >= 15 is 0 Å². The first-order valence-electron chi connectivity index (χ1n) is 4.45. The molecule has 0 heterocycles. The fraction of sp³-hybridized carbons (Fsp3) is 0.800. The monoisotopic (exact) mass is 172 g/mol. The molecule has 0 N–H and O–H groups in total. The number of hydrogen-bond donors (Lipinski definition) is 0. The van der Waals surface area contributed by atoms with Gasteiger partial charge in [0.2, 0.25) is 0 Å². The van der Waals surface area contributed by atoms with Crippen molar-refractivity contribution in [1.29, 1.82) is 0 Å². The van der Waals surface area contributed by atoms with Crippen molar-refractivity contribution in [1.82, 2.24) is 0 Å². The Morgan fingerprint density at radius 3 is 2.55 bits per heavy atom. The molecule has 0 radical (unpaired) electrons. The molecule has 64 valence electrons. The van der Waals surface area contributed by atoms with Crippen molar-refractivity contribution < 1.29 is 0 Å². The number of halogens is 1. The van der Waals surface area contributed by atoms with E-state index in [2.05, 4.69) is 20.4 Å². The van der Waals surface area contributed by atoms with Gasteiger partial charge >= 0.3 is 0 Å². The second-order valence-corrected chi connectivity index (χ2v) is 4.35. The summed E-state index contributed by atoms with van der Waals surface area (Å²) in [4.78, 5) is 0. The molecule has 1 fully saturated rings. The summed E-state index contributed by atoms with van der Waals surface area (Å²) in [6.07, 6.45) is 3.69. The maximum Gasteiger partial charge on any atom is 0.0545 e. The lowest BCUT2D eigenvalue weighted by Crippen LogP contribution is -2.22. The topological polar surface area (TPSA) is 0 Å². The van der Waals surface area contributed by atoms with Crippen LogP contribution in [0.4, 0.5) is 0 Å². The first kappa shape index (κ1) is 9.12. The van der Waals surface area contributed by atoms with Crippen molar-refractivity contribution in [2.75, 3.05) is 0 Å². The van der Waals surface area contributed by atoms with Gasteiger partial charge in [-0.15, -0.1) is 11.6 Å². The van der Waals surface area contributed by atoms with Crippen LogP contribution in [0.15, 0.2) is 12.2 Å². The standard InChI is InChI=1S/C10H17Cl/c1-7(2)9-5-4-6-10(11)8(9)3/h7,9-10H,3-6H2,1-2H3. The first-order chi connectivity index (χ1) is 5.13. The van der Waals surface area contributed by atoms with Crippen LogP contribution < -0.4 is 0 Å². The van der Waals surface area contributed by atoms with Gasteiger partial charge in [-0.1, -0.05) is 32.4 Å². The van der Waals surface area contributed by atoms with Crippen molar-refractivity contribution in [3.8, 4) is 0 Å². The molecule has 1 saturated carbocycles. The summed E-state index contributed by atoms with van der Waals surface area (Å²) < 4.78 is 0. The van der Waals surface area contributed by atoms with E-state index in [4.69, 9.17) is 11.6 Å². The molecule has 1 heteroatoms. The van der Waals surface area contributed by atoms with Crippen molar-refractivity contribution in [3.63, 3.8) is 0 Å². The Morgan fingerprint density at radius 1 is 1.45 bits per heavy atom. The van der Waals surface area contributed by atoms with Crippen molar-refractivity contribution in [3.05, 3.63) is 12.2 Å². The smallest absolute Gasteiger partial charge is 0.0545 e. The van der Waals surface area contributed by atoms with Gasteiger partial charge in [0.25, 0.3) is 0 Å². The predicted octanol–water partition coefficient (Wildman–Crippen LogP) is 3.61. The lowest BCUT2D eigenvalue weighted by molar-refractivity contribution is 0.360. The number of alkyl halides is 1. The lowest BCUT2D eigenvalue weighted by atomic mass is 9.78. The van der Waals surface area contributed by atoms with E-state index in [0.29, 0.717) is 11.8 Å². The minimum atomic E-state index is 0.246. The third-order valence-corrected chi connectivity index (χ3v) is 3.15. The molecule has 0 amide bonds. The zero-order valence-electron chi connectivity index (χ0n) is 7.44. The molecule has 1 aliphatic rings. The number of allylic oxidation sites excluding steroid dienone is 1. The highest BCUT2D eigenvalue weighted by Crippen LogP contribution is 2.36. The van der Waals surface area contributed by atoms with Gasteiger partial charge < -0.3 is 0 Å². The second-order valence-electron chi connectivity index (χ2n) is 3.82. The van der Waals surface area contributed by atoms with Crippen LogP contribution in [0, 0.1) is 11.8 Å². The van der Waals surface area contributed by atoms with Crippen molar-refractivity contribution in [2.45, 2.75) is 38.5 Å². The van der Waals surface area contributed by atoms with Crippen molar-refractivity contribution >= 4 is 11.6 Å². The minimum absolute atomic E-state index is 0.246. The van der Waals surface area contributed by atoms with E-state index in [9.17, 15) is 0 Å². The highest BCUT2D eigenvalue weighted by atomic mass is 35.5. The van der Waals surface area contributed by atoms with Gasteiger partial charge in [0, 0.05) is 0 Å². The van der Waals surface area contributed by atoms with E-state index in [1.807, 2.05) is 0 Å². The van der Waals surface area contributed by atoms with Gasteiger partial charge in [-0.3, -0.25) is 0 Å². The molecule has 0 saturated heterocycles. The van der Waals surface area contributed by atoms with E-state index < -0.39 is 0 Å². The zero-order valence-corrected chi connectivity index (χ0v) is 8.19. The SMILES string of the molecule is C=C1C(Cl)CCCC1C(C)C. The average Bonchev–Trinajstić information content (AvgIpc) is 1.94. The highest BCUT2D eigenvalue weighted by molar-refractivity contribution is 6.22. The van der Waals surface area contributed by atoms with Gasteiger partial charge in [0.1, 0.15) is 0 Å². The molecular weight excluding hydrogens is 156 g/mol. The molecule has 1 rings (SSSR count). The molecule has 1 aliphatic carbocycles. The summed E-state index contributed by atoms with van der Waals surface area (Å²) in [5, 5.41) is 0.246. The van der Waals surface area contributed by atoms with Gasteiger partial charge in [-0.2, -0.15) is 0 Å². The average molecular weight is 173 g/mol. The maximum absolute atomic E-state index is 6.11. The zero-order chi connectivity index (χ0) is 8.43. The van der Waals surface area contributed by atoms with Crippen LogP contribution in [0.1, 0.15) is 33.1 Å². The second kappa shape index (κ2) is 3.62. The van der Waals surface area contributed by atoms with Gasteiger partial charge in [0.15, 0.2) is 0 Å². The molecule has 0 bridgehead atoms. The predicted molar refractivity (Wildman–Crippen MR) is 51.0 cm³/mol. The molecular formula is C10H17Cl. The van der Waals surface area contributed by atoms with E-state index in [-0.39, 0.29) is 5.38 Å². The van der Waals surface area contributed by atoms with Crippen LogP contribution in [0.5, 0.6) is 0 Å². The fourth-order valence-electron chi connectivity index (χ4n) is 1.88. The Labute approximate surface area is 74.6 Å². The summed E-state index contributed by atoms with van der Waals surface area (Å²) in [6, 6.07) is 0. The Balaban J connectivity index is 2.58. The summed E-state index contributed by atoms with van der Waals surface area (Å²) in [5.41, 5.74) is 1.27. The largest absolute Gasteiger partial charge is 0.118 e. The van der Waals surface area contributed by atoms with Crippen LogP contribution in [0.25, 0.3) is 0 Å². The molecule has 0 spiro atoms. The Kier molecular flexibility index (Phi) is 3.00. The maximum atomic E-state index is 6.11. The third-order valence-electron chi connectivity index (χ3n) is 2.66. The van der Waals surface area contributed by atoms with Gasteiger partial charge in [-0.05, 0) is 24.7 Å². The molecule has 2 unspecified atom stereocenters. The minimum Gasteiger partial charge on any atom is -0.118 e. The third kappa shape index (κ3) is 1.99. The summed E-state index contributed by atoms with van der Waals surface area (Å²) in [6.45, 7) is 8.58. The summed E-state index contributed by atoms with van der Waals surface area (Å²) in [5.74, 6) is 1.38. The summed E-state index contributed by atoms with van der Waals surface area (Å²) >= 11 is 6.11. The quantitative estimate of drug-likeness (QED) is 0.419. The number of rotatable bonds is 1. The molecule has 0 nitrogen and oxygen atoms in total. The van der Waals surface area contributed by atoms with E-state index in [0.717, 1.165) is 6.42 Å². The fourth-order valence-corrected chi connectivity index (χ4v) is 2.20. The van der Waals surface area contributed by atoms with Gasteiger partial charge in [0.05, 0.1) is 5.38 Å². The molecule has 11 heavy (non-hydrogen) atoms. The van der Waals surface area contributed by atoms with Crippen LogP contribution in [0.2, 0.25) is 0 Å². The van der Waals surface area contributed by atoms with Gasteiger partial charge in [-0.25, -0.2) is 0 Å². The Bertz CT molecular complexity index is 149. The van der Waals surface area contributed by atoms with Crippen LogP contribution in [-0.2, 0) is 0 Å². The van der Waals surface area contributed by atoms with E-state index in [1.165, 1.54) is 18.4 Å².